The number of H-pyrrole nitrogens is 1. The number of quaternary nitrogens is 1. The minimum atomic E-state index is -5.19. The molecule has 0 saturated carbocycles. The van der Waals surface area contributed by atoms with Crippen LogP contribution in [0.4, 0.5) is 29.3 Å². The fraction of sp³-hybridized carbons (Fsp3) is 0.375. The molecule has 5 aromatic rings. The Bertz CT molecular complexity index is 2660. The fourth-order valence-corrected chi connectivity index (χ4v) is 9.39. The average Bonchev–Trinajstić information content (AvgIpc) is 4.05. The molecule has 15 nitrogen and oxygen atoms in total. The molecule has 356 valence electrons. The number of carboxylic acid groups (broad SMARTS) is 1. The van der Waals surface area contributed by atoms with Gasteiger partial charge in [-0.15, -0.1) is 0 Å². The molecule has 2 amide bonds. The molecule has 0 aliphatic carbocycles. The number of hydrogen-bond acceptors (Lipinski definition) is 11. The SMILES string of the molecule is COc1cc(NC(=O)CCCCc2ccc(-c3ccccc3)c(NC(=O)OC3C[C@@H]4[C@H]5O[C@H]5[C@H](C3)[N+]4(C)C)c2)c(Cl)cc1CNC[C@H](O)c1ccc(O)c2[nH]c(=O)ccc12.O=C([O-])C(F)(F)F. The number of aromatic hydroxyl groups is 1. The highest BCUT2D eigenvalue weighted by molar-refractivity contribution is 6.33. The molecule has 6 N–H and O–H groups in total. The Hall–Kier alpha value is -6.18. The molecule has 3 aliphatic heterocycles. The molecule has 6 atom stereocenters. The zero-order valence-corrected chi connectivity index (χ0v) is 37.6. The van der Waals surface area contributed by atoms with E-state index in [2.05, 4.69) is 41.1 Å². The van der Waals surface area contributed by atoms with E-state index in [4.69, 9.17) is 35.7 Å². The first-order valence-electron chi connectivity index (χ1n) is 21.7. The summed E-state index contributed by atoms with van der Waals surface area (Å²) in [6.45, 7) is 0.470. The maximum absolute atomic E-state index is 13.3. The molecule has 0 radical (unpaired) electrons. The van der Waals surface area contributed by atoms with Gasteiger partial charge in [-0.05, 0) is 60.2 Å². The van der Waals surface area contributed by atoms with Crippen LogP contribution in [-0.4, -0.2) is 102 Å². The fourth-order valence-electron chi connectivity index (χ4n) is 9.16. The molecule has 3 fully saturated rings. The Morgan fingerprint density at radius 3 is 2.33 bits per heavy atom. The van der Waals surface area contributed by atoms with Crippen LogP contribution in [-0.2, 0) is 32.0 Å². The third kappa shape index (κ3) is 11.5. The van der Waals surface area contributed by atoms with Crippen LogP contribution in [0.5, 0.6) is 11.5 Å². The molecular formula is C48H51ClF3N5O10. The monoisotopic (exact) mass is 949 g/mol. The number of halogens is 4. The number of rotatable bonds is 15. The number of nitrogens with zero attached hydrogens (tertiary/aromatic N) is 1. The van der Waals surface area contributed by atoms with E-state index in [9.17, 15) is 37.8 Å². The third-order valence-electron chi connectivity index (χ3n) is 12.6. The van der Waals surface area contributed by atoms with Crippen LogP contribution < -0.4 is 31.4 Å². The lowest BCUT2D eigenvalue weighted by Gasteiger charge is -2.45. The molecule has 8 rings (SSSR count). The summed E-state index contributed by atoms with van der Waals surface area (Å²) in [7, 11) is 6.04. The van der Waals surface area contributed by atoms with E-state index < -0.39 is 24.3 Å². The van der Waals surface area contributed by atoms with Gasteiger partial charge < -0.3 is 54.4 Å². The van der Waals surface area contributed by atoms with Crippen LogP contribution in [0.2, 0.25) is 5.02 Å². The lowest BCUT2D eigenvalue weighted by molar-refractivity contribution is -0.938. The second kappa shape index (κ2) is 20.4. The van der Waals surface area contributed by atoms with Crippen LogP contribution >= 0.6 is 11.6 Å². The van der Waals surface area contributed by atoms with E-state index in [0.717, 1.165) is 46.0 Å². The lowest BCUT2D eigenvalue weighted by atomic mass is 9.96. The number of carboxylic acids is 1. The van der Waals surface area contributed by atoms with E-state index in [0.29, 0.717) is 64.6 Å². The van der Waals surface area contributed by atoms with Gasteiger partial charge in [-0.2, -0.15) is 13.2 Å². The number of aliphatic hydroxyl groups excluding tert-OH is 1. The van der Waals surface area contributed by atoms with Gasteiger partial charge in [0.05, 0.1) is 49.2 Å². The van der Waals surface area contributed by atoms with Crippen molar-refractivity contribution in [2.24, 2.45) is 0 Å². The number of epoxide rings is 1. The van der Waals surface area contributed by atoms with Crippen molar-refractivity contribution in [3.8, 4) is 22.6 Å². The quantitative estimate of drug-likeness (QED) is 0.0387. The van der Waals surface area contributed by atoms with E-state index in [1.165, 1.54) is 19.2 Å². The maximum atomic E-state index is 13.3. The van der Waals surface area contributed by atoms with Gasteiger partial charge in [0.1, 0.15) is 47.9 Å². The number of phenolic OH excluding ortho intramolecular Hbond substituents is 1. The first kappa shape index (κ1) is 48.7. The molecule has 67 heavy (non-hydrogen) atoms. The number of morpholine rings is 1. The molecule has 4 heterocycles. The molecule has 3 aliphatic rings. The first-order chi connectivity index (χ1) is 31.8. The summed E-state index contributed by atoms with van der Waals surface area (Å²) >= 11 is 6.63. The van der Waals surface area contributed by atoms with Gasteiger partial charge in [0, 0.05) is 61.0 Å². The minimum Gasteiger partial charge on any atom is -0.542 e. The van der Waals surface area contributed by atoms with E-state index in [1.54, 1.807) is 24.3 Å². The zero-order chi connectivity index (χ0) is 48.2. The summed E-state index contributed by atoms with van der Waals surface area (Å²) in [6, 6.07) is 26.1. The molecular weight excluding hydrogens is 899 g/mol. The maximum Gasteiger partial charge on any atom is 0.430 e. The zero-order valence-electron chi connectivity index (χ0n) is 36.8. The van der Waals surface area contributed by atoms with Crippen LogP contribution in [0.15, 0.2) is 89.7 Å². The number of hydrogen-bond donors (Lipinski definition) is 6. The molecule has 1 unspecified atom stereocenters. The summed E-state index contributed by atoms with van der Waals surface area (Å²) in [6.07, 6.45) is -2.22. The number of piperidine rings is 1. The number of unbranched alkanes of at least 4 members (excludes halogenated alkanes) is 1. The summed E-state index contributed by atoms with van der Waals surface area (Å²) in [5.74, 6) is -2.75. The van der Waals surface area contributed by atoms with Crippen molar-refractivity contribution in [2.75, 3.05) is 38.4 Å². The largest absolute Gasteiger partial charge is 0.542 e. The molecule has 4 aromatic carbocycles. The minimum absolute atomic E-state index is 0.0799. The molecule has 0 spiro atoms. The molecule has 3 saturated heterocycles. The summed E-state index contributed by atoms with van der Waals surface area (Å²) in [4.78, 5) is 49.6. The highest BCUT2D eigenvalue weighted by atomic mass is 35.5. The van der Waals surface area contributed by atoms with Crippen molar-refractivity contribution in [1.29, 1.82) is 0 Å². The number of aliphatic hydroxyl groups is 1. The highest BCUT2D eigenvalue weighted by Gasteiger charge is 2.70. The third-order valence-corrected chi connectivity index (χ3v) is 12.9. The number of phenols is 1. The van der Waals surface area contributed by atoms with Crippen molar-refractivity contribution in [2.45, 2.75) is 87.7 Å². The van der Waals surface area contributed by atoms with Gasteiger partial charge in [-0.25, -0.2) is 4.79 Å². The number of anilines is 2. The topological polar surface area (TPSA) is 215 Å². The number of aryl methyl sites for hydroxylation is 1. The average molecular weight is 950 g/mol. The summed E-state index contributed by atoms with van der Waals surface area (Å²) in [5.41, 5.74) is 5.23. The predicted octanol–water partition coefficient (Wildman–Crippen LogP) is 6.34. The van der Waals surface area contributed by atoms with Crippen molar-refractivity contribution < 1.29 is 61.6 Å². The number of aromatic nitrogens is 1. The summed E-state index contributed by atoms with van der Waals surface area (Å²) < 4.78 is 50.0. The van der Waals surface area contributed by atoms with Gasteiger partial charge in [0.15, 0.2) is 0 Å². The predicted molar refractivity (Wildman–Crippen MR) is 241 cm³/mol. The van der Waals surface area contributed by atoms with Crippen LogP contribution in [0, 0.1) is 0 Å². The van der Waals surface area contributed by atoms with Gasteiger partial charge >= 0.3 is 12.3 Å². The number of carbonyl (C=O) groups excluding carboxylic acids is 3. The van der Waals surface area contributed by atoms with Crippen LogP contribution in [0.25, 0.3) is 22.0 Å². The Kier molecular flexibility index (Phi) is 14.8. The number of amides is 2. The van der Waals surface area contributed by atoms with Gasteiger partial charge in [0.25, 0.3) is 0 Å². The smallest absolute Gasteiger partial charge is 0.430 e. The number of benzene rings is 4. The van der Waals surface area contributed by atoms with Crippen molar-refractivity contribution in [3.05, 3.63) is 117 Å². The number of pyridine rings is 1. The second-order valence-corrected chi connectivity index (χ2v) is 17.7. The van der Waals surface area contributed by atoms with E-state index in [1.807, 2.05) is 42.5 Å². The van der Waals surface area contributed by atoms with Crippen molar-refractivity contribution in [3.63, 3.8) is 0 Å². The molecule has 2 bridgehead atoms. The van der Waals surface area contributed by atoms with Gasteiger partial charge in [-0.3, -0.25) is 14.9 Å². The van der Waals surface area contributed by atoms with Crippen molar-refractivity contribution in [1.82, 2.24) is 10.3 Å². The Labute approximate surface area is 388 Å². The molecule has 1 aromatic heterocycles. The number of fused-ring (bicyclic) bond motifs is 6. The normalized spacial score (nSPS) is 20.4. The summed E-state index contributed by atoms with van der Waals surface area (Å²) in [5, 5.41) is 40.0. The Morgan fingerprint density at radius 1 is 0.955 bits per heavy atom. The molecule has 19 heteroatoms. The second-order valence-electron chi connectivity index (χ2n) is 17.3. The van der Waals surface area contributed by atoms with Crippen LogP contribution in [0.1, 0.15) is 54.9 Å². The number of carbonyl (C=O) groups is 3. The number of methoxy groups -OCH3 is 1. The number of nitrogens with one attached hydrogen (secondary N) is 4. The number of alkyl halides is 3. The van der Waals surface area contributed by atoms with E-state index in [-0.39, 0.29) is 54.0 Å². The number of aromatic amines is 1. The number of likely N-dealkylation sites (N-methyl/N-ethyl adjacent to an activating group) is 1. The number of aliphatic carboxylic acids is 1. The van der Waals surface area contributed by atoms with Crippen LogP contribution in [0.3, 0.4) is 0 Å². The van der Waals surface area contributed by atoms with Gasteiger partial charge in [-0.1, -0.05) is 60.1 Å². The Morgan fingerprint density at radius 2 is 1.66 bits per heavy atom. The standard InChI is InChI=1S/C46H50ClN5O8.C2HF3O2/c1-52(2)36-21-29(22-37(52)45-44(36)60-45)59-46(57)50-34-19-26(13-14-30(34)27-10-5-4-6-11-27)9-7-8-12-41(55)49-35-23-40(58-3)28(20-33(35)47)24-48-25-39(54)31-15-17-38(53)43-32(31)16-18-42(56)51-43;3-2(4,5)1(6)7/h4-6,10-11,13-20,23,29,36-37,39,44-45,48,54H,7-9,12,21-22,24-25H2,1-3H3,(H3-,49,50,51,53,55,56,57);(H,6,7)/t29?,36-,37+,39-,44-,45+;/m0./s1. The number of ether oxygens (including phenoxy) is 3. The highest BCUT2D eigenvalue weighted by Crippen LogP contribution is 2.51. The Balaban J connectivity index is 0.000000883. The lowest BCUT2D eigenvalue weighted by Crippen LogP contribution is -2.60. The van der Waals surface area contributed by atoms with Gasteiger partial charge in [0.2, 0.25) is 11.5 Å². The van der Waals surface area contributed by atoms with Crippen molar-refractivity contribution >= 4 is 51.8 Å². The first-order valence-corrected chi connectivity index (χ1v) is 22.0. The van der Waals surface area contributed by atoms with E-state index >= 15 is 0 Å².